The summed E-state index contributed by atoms with van der Waals surface area (Å²) < 4.78 is 0. The van der Waals surface area contributed by atoms with Gasteiger partial charge in [0.05, 0.1) is 0 Å². The molecule has 3 N–H and O–H groups in total. The maximum absolute atomic E-state index is 11.5. The Kier molecular flexibility index (Phi) is 11.3. The van der Waals surface area contributed by atoms with Crippen LogP contribution < -0.4 is 10.6 Å². The predicted octanol–water partition coefficient (Wildman–Crippen LogP) is 2.37. The van der Waals surface area contributed by atoms with Gasteiger partial charge in [0.25, 0.3) is 0 Å². The molecule has 0 fully saturated rings. The highest BCUT2D eigenvalue weighted by Crippen LogP contribution is 2.14. The first-order chi connectivity index (χ1) is 9.60. The average molecular weight is 282 g/mol. The van der Waals surface area contributed by atoms with Crippen LogP contribution in [0.1, 0.15) is 51.9 Å². The van der Waals surface area contributed by atoms with Crippen molar-refractivity contribution in [2.24, 2.45) is 5.92 Å². The summed E-state index contributed by atoms with van der Waals surface area (Å²) in [6.07, 6.45) is 10.3. The smallest absolute Gasteiger partial charge is 0.314 e. The van der Waals surface area contributed by atoms with Gasteiger partial charge in [-0.2, -0.15) is 0 Å². The van der Waals surface area contributed by atoms with Crippen LogP contribution in [0.25, 0.3) is 0 Å². The third-order valence-electron chi connectivity index (χ3n) is 3.22. The molecule has 0 rings (SSSR count). The molecule has 5 nitrogen and oxygen atoms in total. The number of nitrogens with one attached hydrogen (secondary N) is 2. The van der Waals surface area contributed by atoms with E-state index in [0.29, 0.717) is 25.4 Å². The van der Waals surface area contributed by atoms with Gasteiger partial charge in [-0.1, -0.05) is 13.3 Å². The lowest BCUT2D eigenvalue weighted by atomic mass is 9.97. The van der Waals surface area contributed by atoms with Gasteiger partial charge in [-0.15, -0.1) is 12.3 Å². The standard InChI is InChI=1S/C15H26N2O3/c1-3-5-6-7-11-16-15(20)17-12-10-13(4-2)8-9-14(18)19/h1,13H,4-12H2,2H3,(H,18,19)(H2,16,17,20). The number of unbranched alkanes of at least 4 members (excludes halogenated alkanes) is 2. The van der Waals surface area contributed by atoms with E-state index in [9.17, 15) is 9.59 Å². The third kappa shape index (κ3) is 11.4. The zero-order valence-electron chi connectivity index (χ0n) is 12.3. The molecule has 114 valence electrons. The van der Waals surface area contributed by atoms with Gasteiger partial charge in [-0.3, -0.25) is 4.79 Å². The maximum Gasteiger partial charge on any atom is 0.314 e. The molecular weight excluding hydrogens is 256 g/mol. The molecule has 1 unspecified atom stereocenters. The summed E-state index contributed by atoms with van der Waals surface area (Å²) in [5.74, 6) is 2.15. The van der Waals surface area contributed by atoms with E-state index in [2.05, 4.69) is 16.6 Å². The van der Waals surface area contributed by atoms with E-state index in [1.54, 1.807) is 0 Å². The van der Waals surface area contributed by atoms with Gasteiger partial charge in [0, 0.05) is 25.9 Å². The summed E-state index contributed by atoms with van der Waals surface area (Å²) in [5, 5.41) is 14.2. The van der Waals surface area contributed by atoms with E-state index in [4.69, 9.17) is 11.5 Å². The summed E-state index contributed by atoms with van der Waals surface area (Å²) in [6, 6.07) is -0.168. The van der Waals surface area contributed by atoms with Crippen LogP contribution in [0.4, 0.5) is 4.79 Å². The van der Waals surface area contributed by atoms with Crippen LogP contribution in [0.15, 0.2) is 0 Å². The highest BCUT2D eigenvalue weighted by molar-refractivity contribution is 5.73. The summed E-state index contributed by atoms with van der Waals surface area (Å²) in [6.45, 7) is 3.25. The number of rotatable bonds is 11. The van der Waals surface area contributed by atoms with Crippen molar-refractivity contribution >= 4 is 12.0 Å². The third-order valence-corrected chi connectivity index (χ3v) is 3.22. The molecule has 0 heterocycles. The topological polar surface area (TPSA) is 78.4 Å². The number of carbonyl (C=O) groups excluding carboxylic acids is 1. The first kappa shape index (κ1) is 18.3. The van der Waals surface area contributed by atoms with Gasteiger partial charge in [0.15, 0.2) is 0 Å². The molecule has 5 heteroatoms. The van der Waals surface area contributed by atoms with E-state index in [0.717, 1.165) is 32.1 Å². The molecule has 0 aliphatic rings. The molecule has 0 saturated heterocycles. The molecule has 0 spiro atoms. The molecule has 0 bridgehead atoms. The second kappa shape index (κ2) is 12.3. The molecule has 0 aliphatic heterocycles. The summed E-state index contributed by atoms with van der Waals surface area (Å²) in [7, 11) is 0. The van der Waals surface area contributed by atoms with Crippen LogP contribution in [-0.2, 0) is 4.79 Å². The van der Waals surface area contributed by atoms with Crippen molar-refractivity contribution in [3.05, 3.63) is 0 Å². The van der Waals surface area contributed by atoms with Crippen LogP contribution in [-0.4, -0.2) is 30.2 Å². The monoisotopic (exact) mass is 282 g/mol. The Balaban J connectivity index is 3.57. The molecule has 0 aliphatic carbocycles. The van der Waals surface area contributed by atoms with Crippen molar-refractivity contribution in [2.75, 3.05) is 13.1 Å². The lowest BCUT2D eigenvalue weighted by molar-refractivity contribution is -0.137. The van der Waals surface area contributed by atoms with Gasteiger partial charge in [-0.25, -0.2) is 4.79 Å². The Morgan fingerprint density at radius 1 is 1.20 bits per heavy atom. The lowest BCUT2D eigenvalue weighted by Crippen LogP contribution is -2.37. The molecule has 0 aromatic heterocycles. The Labute approximate surface area is 121 Å². The molecular formula is C15H26N2O3. The highest BCUT2D eigenvalue weighted by Gasteiger charge is 2.09. The molecule has 0 saturated carbocycles. The van der Waals surface area contributed by atoms with E-state index >= 15 is 0 Å². The van der Waals surface area contributed by atoms with Gasteiger partial charge >= 0.3 is 12.0 Å². The van der Waals surface area contributed by atoms with Crippen molar-refractivity contribution in [2.45, 2.75) is 51.9 Å². The van der Waals surface area contributed by atoms with Crippen molar-refractivity contribution in [3.8, 4) is 12.3 Å². The van der Waals surface area contributed by atoms with Crippen LogP contribution in [0, 0.1) is 18.3 Å². The lowest BCUT2D eigenvalue weighted by Gasteiger charge is -2.14. The Hall–Kier alpha value is -1.70. The molecule has 20 heavy (non-hydrogen) atoms. The van der Waals surface area contributed by atoms with Crippen LogP contribution >= 0.6 is 0 Å². The number of carboxylic acids is 1. The van der Waals surface area contributed by atoms with Gasteiger partial charge in [-0.05, 0) is 31.6 Å². The minimum absolute atomic E-state index is 0.168. The number of carboxylic acid groups (broad SMARTS) is 1. The first-order valence-corrected chi connectivity index (χ1v) is 7.27. The van der Waals surface area contributed by atoms with Crippen LogP contribution in [0.5, 0.6) is 0 Å². The zero-order valence-corrected chi connectivity index (χ0v) is 12.3. The molecule has 2 amide bonds. The largest absolute Gasteiger partial charge is 0.481 e. The minimum atomic E-state index is -0.763. The summed E-state index contributed by atoms with van der Waals surface area (Å²) in [4.78, 5) is 22.0. The molecule has 0 radical (unpaired) electrons. The highest BCUT2D eigenvalue weighted by atomic mass is 16.4. The number of carbonyl (C=O) groups is 2. The number of hydrogen-bond acceptors (Lipinski definition) is 2. The summed E-state index contributed by atoms with van der Waals surface area (Å²) >= 11 is 0. The van der Waals surface area contributed by atoms with Crippen molar-refractivity contribution in [3.63, 3.8) is 0 Å². The SMILES string of the molecule is C#CCCCCNC(=O)NCCC(CC)CCC(=O)O. The zero-order chi connectivity index (χ0) is 15.2. The fourth-order valence-electron chi connectivity index (χ4n) is 1.89. The van der Waals surface area contributed by atoms with Crippen molar-refractivity contribution in [1.82, 2.24) is 10.6 Å². The number of hydrogen-bond donors (Lipinski definition) is 3. The summed E-state index contributed by atoms with van der Waals surface area (Å²) in [5.41, 5.74) is 0. The van der Waals surface area contributed by atoms with Crippen LogP contribution in [0.2, 0.25) is 0 Å². The number of terminal acetylenes is 1. The second-order valence-corrected chi connectivity index (χ2v) is 4.84. The molecule has 0 aromatic rings. The number of amides is 2. The van der Waals surface area contributed by atoms with E-state index < -0.39 is 5.97 Å². The number of urea groups is 1. The second-order valence-electron chi connectivity index (χ2n) is 4.84. The van der Waals surface area contributed by atoms with Gasteiger partial charge in [0.2, 0.25) is 0 Å². The van der Waals surface area contributed by atoms with Crippen LogP contribution in [0.3, 0.4) is 0 Å². The van der Waals surface area contributed by atoms with E-state index in [1.807, 2.05) is 6.92 Å². The molecule has 1 atom stereocenters. The Morgan fingerprint density at radius 3 is 2.50 bits per heavy atom. The van der Waals surface area contributed by atoms with E-state index in [-0.39, 0.29) is 12.5 Å². The van der Waals surface area contributed by atoms with Crippen molar-refractivity contribution < 1.29 is 14.7 Å². The normalized spacial score (nSPS) is 11.4. The Bertz CT molecular complexity index is 324. The molecule has 0 aromatic carbocycles. The quantitative estimate of drug-likeness (QED) is 0.402. The maximum atomic E-state index is 11.5. The first-order valence-electron chi connectivity index (χ1n) is 7.27. The van der Waals surface area contributed by atoms with Gasteiger partial charge in [0.1, 0.15) is 0 Å². The minimum Gasteiger partial charge on any atom is -0.481 e. The fraction of sp³-hybridized carbons (Fsp3) is 0.733. The van der Waals surface area contributed by atoms with Crippen molar-refractivity contribution in [1.29, 1.82) is 0 Å². The predicted molar refractivity (Wildman–Crippen MR) is 79.4 cm³/mol. The average Bonchev–Trinajstić information content (AvgIpc) is 2.42. The fourth-order valence-corrected chi connectivity index (χ4v) is 1.89. The number of aliphatic carboxylic acids is 1. The van der Waals surface area contributed by atoms with E-state index in [1.165, 1.54) is 0 Å². The Morgan fingerprint density at radius 2 is 1.90 bits per heavy atom. The van der Waals surface area contributed by atoms with Gasteiger partial charge < -0.3 is 15.7 Å².